The number of rotatable bonds is 2. The number of thiazole rings is 1. The van der Waals surface area contributed by atoms with E-state index >= 15 is 0 Å². The zero-order valence-corrected chi connectivity index (χ0v) is 14.3. The summed E-state index contributed by atoms with van der Waals surface area (Å²) in [7, 11) is 2.06. The molecule has 0 bridgehead atoms. The van der Waals surface area contributed by atoms with E-state index in [0.717, 1.165) is 21.5 Å². The highest BCUT2D eigenvalue weighted by Gasteiger charge is 2.14. The lowest BCUT2D eigenvalue weighted by Gasteiger charge is -2.06. The van der Waals surface area contributed by atoms with Gasteiger partial charge in [-0.05, 0) is 36.8 Å². The van der Waals surface area contributed by atoms with Gasteiger partial charge in [0.25, 0.3) is 5.01 Å². The predicted molar refractivity (Wildman–Crippen MR) is 100 cm³/mol. The van der Waals surface area contributed by atoms with Gasteiger partial charge in [0.2, 0.25) is 5.52 Å². The summed E-state index contributed by atoms with van der Waals surface area (Å²) in [6.07, 6.45) is 5.72. The van der Waals surface area contributed by atoms with Crippen LogP contribution in [-0.2, 0) is 7.05 Å². The molecule has 0 saturated carbocycles. The summed E-state index contributed by atoms with van der Waals surface area (Å²) in [6, 6.07) is 14.2. The Hall–Kier alpha value is -2.72. The van der Waals surface area contributed by atoms with Gasteiger partial charge in [-0.1, -0.05) is 29.5 Å². The molecule has 4 rings (SSSR count). The molecule has 4 aromatic rings. The van der Waals surface area contributed by atoms with Crippen LogP contribution in [0.15, 0.2) is 48.7 Å². The normalized spacial score (nSPS) is 11.8. The van der Waals surface area contributed by atoms with Gasteiger partial charge in [-0.2, -0.15) is 4.57 Å². The van der Waals surface area contributed by atoms with Crippen LogP contribution in [0.25, 0.3) is 33.3 Å². The van der Waals surface area contributed by atoms with Gasteiger partial charge in [-0.25, -0.2) is 0 Å². The molecule has 0 atom stereocenters. The summed E-state index contributed by atoms with van der Waals surface area (Å²) in [4.78, 5) is 4.32. The minimum Gasteiger partial charge on any atom is -0.505 e. The molecule has 0 aliphatic rings. The molecule has 0 amide bonds. The van der Waals surface area contributed by atoms with Crippen LogP contribution in [0, 0.1) is 6.92 Å². The van der Waals surface area contributed by atoms with E-state index < -0.39 is 0 Å². The number of hydrogen-bond acceptors (Lipinski definition) is 3. The molecule has 0 spiro atoms. The van der Waals surface area contributed by atoms with Crippen molar-refractivity contribution in [1.29, 1.82) is 0 Å². The van der Waals surface area contributed by atoms with Crippen LogP contribution in [0.3, 0.4) is 0 Å². The largest absolute Gasteiger partial charge is 0.505 e. The first kappa shape index (κ1) is 14.8. The Bertz CT molecular complexity index is 1100. The van der Waals surface area contributed by atoms with Crippen molar-refractivity contribution in [2.75, 3.05) is 0 Å². The molecule has 1 N–H and O–H groups in total. The van der Waals surface area contributed by atoms with Crippen LogP contribution >= 0.6 is 11.3 Å². The molecule has 118 valence electrons. The lowest BCUT2D eigenvalue weighted by Crippen LogP contribution is -2.28. The second-order valence-corrected chi connectivity index (χ2v) is 6.89. The number of para-hydroxylation sites is 1. The fraction of sp³-hybridized carbons (Fsp3) is 0.100. The first-order chi connectivity index (χ1) is 11.6. The quantitative estimate of drug-likeness (QED) is 0.550. The standard InChI is InChI=1S/C20H16N2OS/c1-13-12-14(20(23)19-15(13)6-5-11-21-19)9-10-18-22(2)16-7-3-4-8-17(16)24-18/h3-12H,1-2H3/p+1. The first-order valence-corrected chi connectivity index (χ1v) is 8.60. The summed E-state index contributed by atoms with van der Waals surface area (Å²) in [5.74, 6) is 0.233. The Balaban J connectivity index is 1.82. The number of aromatic hydroxyl groups is 1. The van der Waals surface area contributed by atoms with Crippen molar-refractivity contribution in [2.24, 2.45) is 7.05 Å². The Morgan fingerprint density at radius 1 is 1.12 bits per heavy atom. The molecule has 0 aliphatic heterocycles. The smallest absolute Gasteiger partial charge is 0.262 e. The van der Waals surface area contributed by atoms with Gasteiger partial charge in [0.05, 0.1) is 0 Å². The van der Waals surface area contributed by atoms with Gasteiger partial charge in [0.15, 0.2) is 0 Å². The lowest BCUT2D eigenvalue weighted by atomic mass is 10.0. The third-order valence-electron chi connectivity index (χ3n) is 4.28. The minimum absolute atomic E-state index is 0.233. The monoisotopic (exact) mass is 333 g/mol. The number of aryl methyl sites for hydroxylation is 2. The van der Waals surface area contributed by atoms with Crippen molar-refractivity contribution in [2.45, 2.75) is 6.92 Å². The molecule has 3 nitrogen and oxygen atoms in total. The van der Waals surface area contributed by atoms with E-state index in [0.29, 0.717) is 5.52 Å². The number of benzene rings is 2. The maximum atomic E-state index is 10.5. The topological polar surface area (TPSA) is 37.0 Å². The molecule has 0 saturated heterocycles. The molecule has 0 unspecified atom stereocenters. The zero-order chi connectivity index (χ0) is 16.7. The molecule has 24 heavy (non-hydrogen) atoms. The summed E-state index contributed by atoms with van der Waals surface area (Å²) in [5, 5.41) is 12.7. The molecule has 0 radical (unpaired) electrons. The average molecular weight is 333 g/mol. The molecule has 2 aromatic heterocycles. The van der Waals surface area contributed by atoms with Gasteiger partial charge < -0.3 is 5.11 Å². The van der Waals surface area contributed by atoms with Gasteiger partial charge in [0, 0.05) is 29.3 Å². The van der Waals surface area contributed by atoms with Crippen molar-refractivity contribution in [3.8, 4) is 5.75 Å². The molecule has 0 aliphatic carbocycles. The van der Waals surface area contributed by atoms with Gasteiger partial charge in [-0.15, -0.1) is 0 Å². The van der Waals surface area contributed by atoms with Crippen molar-refractivity contribution in [3.63, 3.8) is 0 Å². The number of phenolic OH excluding ortho intramolecular Hbond substituents is 1. The van der Waals surface area contributed by atoms with Crippen LogP contribution in [0.5, 0.6) is 5.75 Å². The molecule has 0 fully saturated rings. The fourth-order valence-electron chi connectivity index (χ4n) is 2.98. The highest BCUT2D eigenvalue weighted by molar-refractivity contribution is 7.18. The van der Waals surface area contributed by atoms with E-state index in [1.165, 1.54) is 10.2 Å². The number of pyridine rings is 1. The van der Waals surface area contributed by atoms with Crippen molar-refractivity contribution in [1.82, 2.24) is 4.98 Å². The number of phenols is 1. The van der Waals surface area contributed by atoms with E-state index in [1.54, 1.807) is 17.5 Å². The highest BCUT2D eigenvalue weighted by Crippen LogP contribution is 2.31. The Morgan fingerprint density at radius 3 is 2.79 bits per heavy atom. The Morgan fingerprint density at radius 2 is 1.96 bits per heavy atom. The Labute approximate surface area is 144 Å². The average Bonchev–Trinajstić information content (AvgIpc) is 2.93. The van der Waals surface area contributed by atoms with E-state index in [-0.39, 0.29) is 5.75 Å². The third kappa shape index (κ3) is 2.36. The van der Waals surface area contributed by atoms with Crippen LogP contribution < -0.4 is 4.57 Å². The lowest BCUT2D eigenvalue weighted by molar-refractivity contribution is -0.642. The van der Waals surface area contributed by atoms with E-state index in [9.17, 15) is 5.11 Å². The van der Waals surface area contributed by atoms with Gasteiger partial charge in [0.1, 0.15) is 23.0 Å². The number of aromatic nitrogens is 2. The van der Waals surface area contributed by atoms with Crippen molar-refractivity contribution in [3.05, 3.63) is 64.8 Å². The molecule has 2 aromatic carbocycles. The highest BCUT2D eigenvalue weighted by atomic mass is 32.1. The fourth-order valence-corrected chi connectivity index (χ4v) is 4.04. The second kappa shape index (κ2) is 5.73. The SMILES string of the molecule is Cc1cc(/C=C\c2sc3ccccc3[n+]2C)c(O)c2ncccc12. The summed E-state index contributed by atoms with van der Waals surface area (Å²) in [6.45, 7) is 2.04. The molecular weight excluding hydrogens is 316 g/mol. The summed E-state index contributed by atoms with van der Waals surface area (Å²) in [5.41, 5.74) is 3.76. The van der Waals surface area contributed by atoms with Crippen molar-refractivity contribution >= 4 is 44.6 Å². The Kier molecular flexibility index (Phi) is 3.54. The van der Waals surface area contributed by atoms with Crippen molar-refractivity contribution < 1.29 is 9.67 Å². The van der Waals surface area contributed by atoms with E-state index in [1.807, 2.05) is 43.3 Å². The summed E-state index contributed by atoms with van der Waals surface area (Å²) < 4.78 is 3.42. The van der Waals surface area contributed by atoms with E-state index in [4.69, 9.17) is 0 Å². The van der Waals surface area contributed by atoms with E-state index in [2.05, 4.69) is 34.8 Å². The second-order valence-electron chi connectivity index (χ2n) is 5.83. The first-order valence-electron chi connectivity index (χ1n) is 7.78. The number of nitrogens with zero attached hydrogens (tertiary/aromatic N) is 2. The number of fused-ring (bicyclic) bond motifs is 2. The van der Waals surface area contributed by atoms with Crippen LogP contribution in [0.2, 0.25) is 0 Å². The van der Waals surface area contributed by atoms with Gasteiger partial charge >= 0.3 is 0 Å². The molecule has 4 heteroatoms. The minimum atomic E-state index is 0.233. The maximum Gasteiger partial charge on any atom is 0.262 e. The summed E-state index contributed by atoms with van der Waals surface area (Å²) >= 11 is 1.74. The van der Waals surface area contributed by atoms with Crippen LogP contribution in [0.4, 0.5) is 0 Å². The number of hydrogen-bond donors (Lipinski definition) is 1. The maximum absolute atomic E-state index is 10.5. The zero-order valence-electron chi connectivity index (χ0n) is 13.5. The van der Waals surface area contributed by atoms with Gasteiger partial charge in [-0.3, -0.25) is 4.98 Å². The molecular formula is C20H17N2OS+. The third-order valence-corrected chi connectivity index (χ3v) is 5.46. The molecule has 2 heterocycles. The predicted octanol–water partition coefficient (Wildman–Crippen LogP) is 4.46. The van der Waals surface area contributed by atoms with Crippen LogP contribution in [-0.4, -0.2) is 10.1 Å². The van der Waals surface area contributed by atoms with Crippen LogP contribution in [0.1, 0.15) is 16.1 Å².